The van der Waals surface area contributed by atoms with Crippen LogP contribution in [0.5, 0.6) is 5.75 Å². The summed E-state index contributed by atoms with van der Waals surface area (Å²) < 4.78 is 7.31. The van der Waals surface area contributed by atoms with Gasteiger partial charge in [0.1, 0.15) is 18.1 Å². The van der Waals surface area contributed by atoms with E-state index in [1.54, 1.807) is 17.1 Å². The third-order valence-corrected chi connectivity index (χ3v) is 4.47. The second-order valence-electron chi connectivity index (χ2n) is 6.26. The van der Waals surface area contributed by atoms with Crippen LogP contribution < -0.4 is 15.4 Å². The molecule has 0 saturated carbocycles. The number of allylic oxidation sites excluding steroid dienone is 1. The van der Waals surface area contributed by atoms with E-state index in [2.05, 4.69) is 25.7 Å². The van der Waals surface area contributed by atoms with Crippen LogP contribution in [0.2, 0.25) is 0 Å². The number of rotatable bonds is 5. The van der Waals surface area contributed by atoms with E-state index >= 15 is 0 Å². The average molecular weight is 376 g/mol. The van der Waals surface area contributed by atoms with E-state index in [4.69, 9.17) is 4.74 Å². The number of benzene rings is 1. The van der Waals surface area contributed by atoms with Gasteiger partial charge in [0.15, 0.2) is 0 Å². The molecule has 3 aromatic rings. The van der Waals surface area contributed by atoms with Gasteiger partial charge in [0, 0.05) is 18.1 Å². The van der Waals surface area contributed by atoms with E-state index < -0.39 is 6.04 Å². The lowest BCUT2D eigenvalue weighted by Gasteiger charge is -2.28. The topological polar surface area (TPSA) is 94.0 Å². The SMILES string of the molecule is CCOc1ccccc1NC(=O)C1=C(C)Nc2ncnn2[C@@H]1c1cccnc1. The molecular weight excluding hydrogens is 356 g/mol. The highest BCUT2D eigenvalue weighted by Crippen LogP contribution is 2.35. The quantitative estimate of drug-likeness (QED) is 0.711. The van der Waals surface area contributed by atoms with Crippen LogP contribution in [0.3, 0.4) is 0 Å². The molecule has 0 radical (unpaired) electrons. The molecule has 0 spiro atoms. The van der Waals surface area contributed by atoms with E-state index in [1.807, 2.05) is 50.2 Å². The zero-order chi connectivity index (χ0) is 19.5. The van der Waals surface area contributed by atoms with E-state index in [9.17, 15) is 4.79 Å². The molecule has 0 fully saturated rings. The number of amides is 1. The fraction of sp³-hybridized carbons (Fsp3) is 0.200. The summed E-state index contributed by atoms with van der Waals surface area (Å²) in [6, 6.07) is 10.7. The van der Waals surface area contributed by atoms with Crippen LogP contribution in [0.15, 0.2) is 66.4 Å². The third-order valence-electron chi connectivity index (χ3n) is 4.47. The number of hydrogen-bond donors (Lipinski definition) is 2. The Morgan fingerprint density at radius 1 is 1.29 bits per heavy atom. The minimum atomic E-state index is -0.438. The molecule has 0 unspecified atom stereocenters. The van der Waals surface area contributed by atoms with Crippen molar-refractivity contribution in [1.82, 2.24) is 19.7 Å². The first-order valence-corrected chi connectivity index (χ1v) is 8.99. The summed E-state index contributed by atoms with van der Waals surface area (Å²) in [6.07, 6.45) is 4.89. The lowest BCUT2D eigenvalue weighted by atomic mass is 9.96. The van der Waals surface area contributed by atoms with Gasteiger partial charge in [0.25, 0.3) is 5.91 Å². The number of hydrogen-bond acceptors (Lipinski definition) is 6. The highest BCUT2D eigenvalue weighted by atomic mass is 16.5. The first-order chi connectivity index (χ1) is 13.7. The van der Waals surface area contributed by atoms with Gasteiger partial charge in [-0.1, -0.05) is 18.2 Å². The van der Waals surface area contributed by atoms with Crippen LogP contribution in [-0.4, -0.2) is 32.3 Å². The summed E-state index contributed by atoms with van der Waals surface area (Å²) in [6.45, 7) is 4.27. The van der Waals surface area contributed by atoms with E-state index in [-0.39, 0.29) is 5.91 Å². The molecule has 28 heavy (non-hydrogen) atoms. The maximum absolute atomic E-state index is 13.3. The number of anilines is 2. The Bertz CT molecular complexity index is 1030. The molecule has 3 heterocycles. The highest BCUT2D eigenvalue weighted by Gasteiger charge is 2.33. The van der Waals surface area contributed by atoms with Crippen molar-refractivity contribution in [2.75, 3.05) is 17.2 Å². The molecule has 2 N–H and O–H groups in total. The van der Waals surface area contributed by atoms with Gasteiger partial charge in [0.05, 0.1) is 17.9 Å². The second kappa shape index (κ2) is 7.51. The lowest BCUT2D eigenvalue weighted by molar-refractivity contribution is -0.113. The first-order valence-electron chi connectivity index (χ1n) is 8.99. The molecule has 4 rings (SSSR count). The van der Waals surface area contributed by atoms with Crippen LogP contribution in [0, 0.1) is 0 Å². The van der Waals surface area contributed by atoms with E-state index in [0.717, 1.165) is 5.56 Å². The summed E-state index contributed by atoms with van der Waals surface area (Å²) in [7, 11) is 0. The largest absolute Gasteiger partial charge is 0.492 e. The maximum atomic E-state index is 13.3. The Kier molecular flexibility index (Phi) is 4.76. The molecule has 1 amide bonds. The zero-order valence-electron chi connectivity index (χ0n) is 15.6. The average Bonchev–Trinajstić information content (AvgIpc) is 3.17. The Hall–Kier alpha value is -3.68. The van der Waals surface area contributed by atoms with Gasteiger partial charge in [0.2, 0.25) is 5.95 Å². The first kappa shape index (κ1) is 17.7. The smallest absolute Gasteiger partial charge is 0.255 e. The van der Waals surface area contributed by atoms with Crippen LogP contribution in [0.1, 0.15) is 25.5 Å². The minimum Gasteiger partial charge on any atom is -0.492 e. The van der Waals surface area contributed by atoms with Gasteiger partial charge in [-0.2, -0.15) is 10.1 Å². The number of ether oxygens (including phenoxy) is 1. The van der Waals surface area contributed by atoms with Gasteiger partial charge in [-0.15, -0.1) is 0 Å². The summed E-state index contributed by atoms with van der Waals surface area (Å²) in [5, 5.41) is 10.4. The fourth-order valence-corrected chi connectivity index (χ4v) is 3.27. The molecule has 8 nitrogen and oxygen atoms in total. The zero-order valence-corrected chi connectivity index (χ0v) is 15.6. The number of pyridine rings is 1. The normalized spacial score (nSPS) is 15.6. The van der Waals surface area contributed by atoms with Gasteiger partial charge in [-0.3, -0.25) is 9.78 Å². The molecule has 0 saturated heterocycles. The molecule has 1 aromatic carbocycles. The second-order valence-corrected chi connectivity index (χ2v) is 6.26. The van der Waals surface area contributed by atoms with Gasteiger partial charge >= 0.3 is 0 Å². The summed E-state index contributed by atoms with van der Waals surface area (Å²) in [5.74, 6) is 0.963. The predicted molar refractivity (Wildman–Crippen MR) is 105 cm³/mol. The number of nitrogens with one attached hydrogen (secondary N) is 2. The standard InChI is InChI=1S/C20H20N6O2/c1-3-28-16-9-5-4-8-15(16)25-19(27)17-13(2)24-20-22-12-23-26(20)18(17)14-7-6-10-21-11-14/h4-12,18H,3H2,1-2H3,(H,25,27)(H,22,23,24)/t18-/m1/s1. The number of carbonyl (C=O) groups excluding carboxylic acids is 1. The van der Waals surface area contributed by atoms with Gasteiger partial charge in [-0.25, -0.2) is 4.68 Å². The Morgan fingerprint density at radius 3 is 2.93 bits per heavy atom. The summed E-state index contributed by atoms with van der Waals surface area (Å²) in [5.41, 5.74) is 2.71. The summed E-state index contributed by atoms with van der Waals surface area (Å²) >= 11 is 0. The van der Waals surface area contributed by atoms with Gasteiger partial charge in [-0.05, 0) is 37.6 Å². The molecule has 142 valence electrons. The van der Waals surface area contributed by atoms with Crippen LogP contribution in [0.25, 0.3) is 0 Å². The number of para-hydroxylation sites is 2. The van der Waals surface area contributed by atoms with Crippen molar-refractivity contribution in [3.8, 4) is 5.75 Å². The molecule has 2 aromatic heterocycles. The van der Waals surface area contributed by atoms with Crippen LogP contribution >= 0.6 is 0 Å². The molecule has 1 aliphatic heterocycles. The van der Waals surface area contributed by atoms with Crippen molar-refractivity contribution in [3.63, 3.8) is 0 Å². The van der Waals surface area contributed by atoms with Crippen LogP contribution in [0.4, 0.5) is 11.6 Å². The molecule has 1 atom stereocenters. The number of carbonyl (C=O) groups is 1. The van der Waals surface area contributed by atoms with E-state index in [0.29, 0.717) is 35.3 Å². The number of fused-ring (bicyclic) bond motifs is 1. The molecule has 1 aliphatic rings. The monoisotopic (exact) mass is 376 g/mol. The Labute approximate surface area is 162 Å². The van der Waals surface area contributed by atoms with Crippen molar-refractivity contribution < 1.29 is 9.53 Å². The fourth-order valence-electron chi connectivity index (χ4n) is 3.27. The predicted octanol–water partition coefficient (Wildman–Crippen LogP) is 3.00. The Morgan fingerprint density at radius 2 is 2.14 bits per heavy atom. The van der Waals surface area contributed by atoms with Crippen molar-refractivity contribution in [3.05, 3.63) is 72.0 Å². The molecule has 0 bridgehead atoms. The molecule has 8 heteroatoms. The molecule has 0 aliphatic carbocycles. The third kappa shape index (κ3) is 3.20. The number of nitrogens with zero attached hydrogens (tertiary/aromatic N) is 4. The van der Waals surface area contributed by atoms with Crippen LogP contribution in [-0.2, 0) is 4.79 Å². The highest BCUT2D eigenvalue weighted by molar-refractivity contribution is 6.06. The number of aromatic nitrogens is 4. The van der Waals surface area contributed by atoms with Crippen molar-refractivity contribution in [2.45, 2.75) is 19.9 Å². The lowest BCUT2D eigenvalue weighted by Crippen LogP contribution is -2.31. The van der Waals surface area contributed by atoms with Crippen molar-refractivity contribution in [1.29, 1.82) is 0 Å². The van der Waals surface area contributed by atoms with Gasteiger partial charge < -0.3 is 15.4 Å². The maximum Gasteiger partial charge on any atom is 0.255 e. The van der Waals surface area contributed by atoms with E-state index in [1.165, 1.54) is 6.33 Å². The molecular formula is C20H20N6O2. The summed E-state index contributed by atoms with van der Waals surface area (Å²) in [4.78, 5) is 21.7. The van der Waals surface area contributed by atoms with Crippen molar-refractivity contribution in [2.24, 2.45) is 0 Å². The minimum absolute atomic E-state index is 0.243. The van der Waals surface area contributed by atoms with Crippen molar-refractivity contribution >= 4 is 17.5 Å². The Balaban J connectivity index is 1.73.